The van der Waals surface area contributed by atoms with Crippen LogP contribution in [0.4, 0.5) is 5.82 Å². The molecule has 0 spiro atoms. The number of pyridine rings is 1. The molecule has 232 valence electrons. The summed E-state index contributed by atoms with van der Waals surface area (Å²) in [4.78, 5) is 18.1. The van der Waals surface area contributed by atoms with Gasteiger partial charge in [-0.2, -0.15) is 0 Å². The second-order valence-corrected chi connectivity index (χ2v) is 13.0. The highest BCUT2D eigenvalue weighted by Crippen LogP contribution is 2.34. The van der Waals surface area contributed by atoms with E-state index in [0.29, 0.717) is 25.6 Å². The first-order valence-corrected chi connectivity index (χ1v) is 15.2. The standard InChI is InChI=1S/C38H46N2O4/c1-27-28(2)36(40-34(41)22-38(7,26-37(4,5)6)44-25-31-17-12-9-13-18-31)39-29(3)35(27)43-24-32-19-14-20-33(21-32)42-23-30-15-10-8-11-16-30/h8-21H,22-26H2,1-7H3,(H,39,40,41). The van der Waals surface area contributed by atoms with Crippen LogP contribution in [0.1, 0.15) is 74.0 Å². The molecule has 4 aromatic rings. The zero-order valence-corrected chi connectivity index (χ0v) is 27.2. The maximum atomic E-state index is 13.4. The SMILES string of the molecule is Cc1nc(NC(=O)CC(C)(CC(C)(C)C)OCc2ccccc2)c(C)c(C)c1OCc1cccc(OCc2ccccc2)c1. The van der Waals surface area contributed by atoms with E-state index in [-0.39, 0.29) is 17.7 Å². The van der Waals surface area contributed by atoms with Crippen molar-refractivity contribution in [3.63, 3.8) is 0 Å². The Hall–Kier alpha value is -4.16. The number of carbonyl (C=O) groups excluding carboxylic acids is 1. The van der Waals surface area contributed by atoms with Gasteiger partial charge in [0, 0.05) is 0 Å². The minimum Gasteiger partial charge on any atom is -0.489 e. The molecule has 0 saturated heterocycles. The summed E-state index contributed by atoms with van der Waals surface area (Å²) in [5, 5.41) is 3.07. The number of ether oxygens (including phenoxy) is 3. The van der Waals surface area contributed by atoms with Crippen LogP contribution in [0.15, 0.2) is 84.9 Å². The molecule has 0 radical (unpaired) electrons. The Morgan fingerprint density at radius 2 is 1.32 bits per heavy atom. The van der Waals surface area contributed by atoms with Crippen molar-refractivity contribution in [1.82, 2.24) is 4.98 Å². The van der Waals surface area contributed by atoms with Gasteiger partial charge in [0.1, 0.15) is 30.5 Å². The van der Waals surface area contributed by atoms with Crippen molar-refractivity contribution >= 4 is 11.7 Å². The number of benzene rings is 3. The van der Waals surface area contributed by atoms with Gasteiger partial charge in [0.2, 0.25) is 5.91 Å². The lowest BCUT2D eigenvalue weighted by atomic mass is 9.81. The zero-order valence-electron chi connectivity index (χ0n) is 27.2. The van der Waals surface area contributed by atoms with Crippen LogP contribution in [0, 0.1) is 26.2 Å². The van der Waals surface area contributed by atoms with Gasteiger partial charge in [0.15, 0.2) is 0 Å². The summed E-state index contributed by atoms with van der Waals surface area (Å²) in [6, 6.07) is 28.1. The molecule has 0 aliphatic rings. The van der Waals surface area contributed by atoms with Crippen molar-refractivity contribution in [2.24, 2.45) is 5.41 Å². The molecule has 4 rings (SSSR count). The van der Waals surface area contributed by atoms with Crippen LogP contribution in [0.25, 0.3) is 0 Å². The maximum Gasteiger partial charge on any atom is 0.228 e. The van der Waals surface area contributed by atoms with E-state index in [1.807, 2.05) is 113 Å². The number of aryl methyl sites for hydroxylation is 1. The molecule has 0 aliphatic heterocycles. The minimum absolute atomic E-state index is 0.0143. The van der Waals surface area contributed by atoms with Crippen molar-refractivity contribution in [1.29, 1.82) is 0 Å². The predicted molar refractivity (Wildman–Crippen MR) is 177 cm³/mol. The molecular formula is C38H46N2O4. The first kappa shape index (κ1) is 32.7. The molecule has 3 aromatic carbocycles. The Morgan fingerprint density at radius 3 is 1.95 bits per heavy atom. The fourth-order valence-electron chi connectivity index (χ4n) is 5.51. The first-order valence-electron chi connectivity index (χ1n) is 15.2. The highest BCUT2D eigenvalue weighted by molar-refractivity contribution is 5.91. The second kappa shape index (κ2) is 14.5. The van der Waals surface area contributed by atoms with Gasteiger partial charge in [-0.25, -0.2) is 4.98 Å². The maximum absolute atomic E-state index is 13.4. The van der Waals surface area contributed by atoms with Gasteiger partial charge in [-0.15, -0.1) is 0 Å². The summed E-state index contributed by atoms with van der Waals surface area (Å²) in [6.07, 6.45) is 0.952. The van der Waals surface area contributed by atoms with E-state index in [1.54, 1.807) is 0 Å². The van der Waals surface area contributed by atoms with Crippen molar-refractivity contribution in [2.45, 2.75) is 86.7 Å². The van der Waals surface area contributed by atoms with Crippen LogP contribution in [-0.4, -0.2) is 16.5 Å². The van der Waals surface area contributed by atoms with Crippen LogP contribution < -0.4 is 14.8 Å². The van der Waals surface area contributed by atoms with Gasteiger partial charge in [-0.3, -0.25) is 4.79 Å². The van der Waals surface area contributed by atoms with Gasteiger partial charge < -0.3 is 19.5 Å². The number of hydrogen-bond acceptors (Lipinski definition) is 5. The molecule has 6 nitrogen and oxygen atoms in total. The Bertz CT molecular complexity index is 1530. The number of nitrogens with zero attached hydrogens (tertiary/aromatic N) is 1. The molecule has 6 heteroatoms. The highest BCUT2D eigenvalue weighted by Gasteiger charge is 2.34. The lowest BCUT2D eigenvalue weighted by Gasteiger charge is -2.35. The summed E-state index contributed by atoms with van der Waals surface area (Å²) in [5.74, 6) is 1.94. The monoisotopic (exact) mass is 594 g/mol. The van der Waals surface area contributed by atoms with Gasteiger partial charge in [0.25, 0.3) is 0 Å². The van der Waals surface area contributed by atoms with E-state index >= 15 is 0 Å². The number of aromatic nitrogens is 1. The number of nitrogens with one attached hydrogen (secondary N) is 1. The quantitative estimate of drug-likeness (QED) is 0.167. The second-order valence-electron chi connectivity index (χ2n) is 13.0. The molecule has 1 amide bonds. The van der Waals surface area contributed by atoms with Crippen molar-refractivity contribution in [3.8, 4) is 11.5 Å². The molecule has 0 saturated carbocycles. The van der Waals surface area contributed by atoms with Crippen molar-refractivity contribution in [3.05, 3.63) is 118 Å². The number of anilines is 1. The molecule has 1 aromatic heterocycles. The zero-order chi connectivity index (χ0) is 31.7. The van der Waals surface area contributed by atoms with E-state index in [1.165, 1.54) is 0 Å². The molecule has 1 N–H and O–H groups in total. The molecule has 44 heavy (non-hydrogen) atoms. The van der Waals surface area contributed by atoms with Gasteiger partial charge in [-0.1, -0.05) is 93.6 Å². The topological polar surface area (TPSA) is 69.7 Å². The Balaban J connectivity index is 1.40. The molecular weight excluding hydrogens is 548 g/mol. The average molecular weight is 595 g/mol. The molecule has 1 heterocycles. The largest absolute Gasteiger partial charge is 0.489 e. The average Bonchev–Trinajstić information content (AvgIpc) is 2.98. The summed E-state index contributed by atoms with van der Waals surface area (Å²) in [7, 11) is 0. The van der Waals surface area contributed by atoms with Crippen molar-refractivity contribution < 1.29 is 19.0 Å². The smallest absolute Gasteiger partial charge is 0.228 e. The minimum atomic E-state index is -0.640. The number of carbonyl (C=O) groups is 1. The van der Waals surface area contributed by atoms with Crippen LogP contribution in [0.5, 0.6) is 11.5 Å². The lowest BCUT2D eigenvalue weighted by molar-refractivity contribution is -0.127. The summed E-state index contributed by atoms with van der Waals surface area (Å²) in [5.41, 5.74) is 5.09. The first-order chi connectivity index (χ1) is 20.9. The molecule has 0 aliphatic carbocycles. The third-order valence-corrected chi connectivity index (χ3v) is 7.52. The van der Waals surface area contributed by atoms with Crippen LogP contribution >= 0.6 is 0 Å². The Kier molecular flexibility index (Phi) is 10.8. The van der Waals surface area contributed by atoms with Gasteiger partial charge in [-0.05, 0) is 79.5 Å². The van der Waals surface area contributed by atoms with Crippen LogP contribution in [0.2, 0.25) is 0 Å². The van der Waals surface area contributed by atoms with Crippen LogP contribution in [-0.2, 0) is 29.4 Å². The molecule has 0 bridgehead atoms. The van der Waals surface area contributed by atoms with Gasteiger partial charge in [0.05, 0.1) is 24.3 Å². The third kappa shape index (κ3) is 9.68. The van der Waals surface area contributed by atoms with Crippen LogP contribution in [0.3, 0.4) is 0 Å². The van der Waals surface area contributed by atoms with E-state index in [0.717, 1.165) is 51.4 Å². The summed E-state index contributed by atoms with van der Waals surface area (Å²) in [6.45, 7) is 15.7. The number of amides is 1. The third-order valence-electron chi connectivity index (χ3n) is 7.52. The lowest BCUT2D eigenvalue weighted by Crippen LogP contribution is -2.38. The highest BCUT2D eigenvalue weighted by atomic mass is 16.5. The summed E-state index contributed by atoms with van der Waals surface area (Å²) < 4.78 is 18.7. The fraction of sp³-hybridized carbons (Fsp3) is 0.368. The summed E-state index contributed by atoms with van der Waals surface area (Å²) >= 11 is 0. The normalized spacial score (nSPS) is 12.8. The van der Waals surface area contributed by atoms with Crippen molar-refractivity contribution in [2.75, 3.05) is 5.32 Å². The van der Waals surface area contributed by atoms with E-state index < -0.39 is 5.60 Å². The Labute approximate surface area is 262 Å². The Morgan fingerprint density at radius 1 is 0.727 bits per heavy atom. The van der Waals surface area contributed by atoms with E-state index in [2.05, 4.69) is 26.1 Å². The molecule has 1 unspecified atom stereocenters. The predicted octanol–water partition coefficient (Wildman–Crippen LogP) is 8.91. The molecule has 1 atom stereocenters. The van der Waals surface area contributed by atoms with E-state index in [4.69, 9.17) is 19.2 Å². The molecule has 0 fully saturated rings. The number of rotatable bonds is 13. The van der Waals surface area contributed by atoms with E-state index in [9.17, 15) is 4.79 Å². The number of hydrogen-bond donors (Lipinski definition) is 1. The van der Waals surface area contributed by atoms with Gasteiger partial charge >= 0.3 is 0 Å². The fourth-order valence-corrected chi connectivity index (χ4v) is 5.51.